The monoisotopic (exact) mass is 501 g/mol. The van der Waals surface area contributed by atoms with Crippen LogP contribution in [0.15, 0.2) is 54.6 Å². The summed E-state index contributed by atoms with van der Waals surface area (Å²) in [5.74, 6) is -1.57. The summed E-state index contributed by atoms with van der Waals surface area (Å²) in [6, 6.07) is 11.4. The van der Waals surface area contributed by atoms with E-state index in [4.69, 9.17) is 4.74 Å². The number of rotatable bonds is 6. The van der Waals surface area contributed by atoms with E-state index >= 15 is 0 Å². The number of ether oxygens (including phenoxy) is 1. The molecular formula is C24H19F4N5O3. The Bertz CT molecular complexity index is 1440. The molecule has 2 aromatic heterocycles. The number of alkyl halides is 3. The third-order valence-electron chi connectivity index (χ3n) is 5.27. The number of halogens is 4. The van der Waals surface area contributed by atoms with Crippen LogP contribution in [0.2, 0.25) is 0 Å². The number of amides is 3. The molecule has 0 bridgehead atoms. The van der Waals surface area contributed by atoms with Gasteiger partial charge in [-0.25, -0.2) is 14.1 Å². The van der Waals surface area contributed by atoms with Crippen molar-refractivity contribution in [1.29, 1.82) is 0 Å². The molecule has 0 saturated carbocycles. The number of nitrogens with zero attached hydrogens (tertiary/aromatic N) is 4. The molecule has 0 radical (unpaired) electrons. The summed E-state index contributed by atoms with van der Waals surface area (Å²) in [7, 11) is 1.67. The zero-order valence-corrected chi connectivity index (χ0v) is 19.0. The van der Waals surface area contributed by atoms with E-state index in [2.05, 4.69) is 15.4 Å². The van der Waals surface area contributed by atoms with Crippen LogP contribution in [0.4, 0.5) is 33.7 Å². The maximum atomic E-state index is 13.6. The van der Waals surface area contributed by atoms with E-state index in [1.165, 1.54) is 10.7 Å². The first-order valence-corrected chi connectivity index (χ1v) is 10.5. The predicted molar refractivity (Wildman–Crippen MR) is 123 cm³/mol. The first-order valence-electron chi connectivity index (χ1n) is 10.5. The van der Waals surface area contributed by atoms with Gasteiger partial charge in [-0.3, -0.25) is 9.48 Å². The van der Waals surface area contributed by atoms with Gasteiger partial charge < -0.3 is 10.1 Å². The van der Waals surface area contributed by atoms with Crippen LogP contribution in [0, 0.1) is 12.7 Å². The van der Waals surface area contributed by atoms with Crippen molar-refractivity contribution < 1.29 is 31.9 Å². The minimum Gasteiger partial charge on any atom is -0.471 e. The van der Waals surface area contributed by atoms with E-state index in [1.54, 1.807) is 14.0 Å². The van der Waals surface area contributed by atoms with Gasteiger partial charge in [0.15, 0.2) is 5.65 Å². The molecule has 0 unspecified atom stereocenters. The molecule has 12 heteroatoms. The van der Waals surface area contributed by atoms with Crippen LogP contribution in [-0.4, -0.2) is 27.2 Å². The number of fused-ring (bicyclic) bond motifs is 1. The maximum Gasteiger partial charge on any atom is 0.419 e. The Balaban J connectivity index is 1.71. The second-order valence-corrected chi connectivity index (χ2v) is 7.77. The summed E-state index contributed by atoms with van der Waals surface area (Å²) in [4.78, 5) is 30.0. The Morgan fingerprint density at radius 2 is 1.89 bits per heavy atom. The highest BCUT2D eigenvalue weighted by atomic mass is 19.4. The van der Waals surface area contributed by atoms with Crippen LogP contribution < -0.4 is 15.0 Å². The van der Waals surface area contributed by atoms with Gasteiger partial charge in [0.05, 0.1) is 11.3 Å². The Morgan fingerprint density at radius 1 is 1.17 bits per heavy atom. The van der Waals surface area contributed by atoms with Crippen molar-refractivity contribution >= 4 is 34.8 Å². The van der Waals surface area contributed by atoms with Crippen molar-refractivity contribution in [2.45, 2.75) is 19.7 Å². The van der Waals surface area contributed by atoms with E-state index in [1.807, 2.05) is 30.3 Å². The molecule has 2 aromatic carbocycles. The summed E-state index contributed by atoms with van der Waals surface area (Å²) in [5, 5.41) is 6.99. The zero-order chi connectivity index (χ0) is 26.0. The Kier molecular flexibility index (Phi) is 6.60. The third kappa shape index (κ3) is 4.97. The molecule has 0 aliphatic heterocycles. The van der Waals surface area contributed by atoms with Crippen LogP contribution in [0.3, 0.4) is 0 Å². The molecule has 0 spiro atoms. The third-order valence-corrected chi connectivity index (χ3v) is 5.27. The van der Waals surface area contributed by atoms with E-state index in [0.29, 0.717) is 33.8 Å². The minimum atomic E-state index is -4.97. The number of hydrogen-bond donors (Lipinski definition) is 1. The summed E-state index contributed by atoms with van der Waals surface area (Å²) >= 11 is 0. The Morgan fingerprint density at radius 3 is 2.56 bits per heavy atom. The molecular weight excluding hydrogens is 482 g/mol. The molecule has 36 heavy (non-hydrogen) atoms. The Labute approximate surface area is 202 Å². The van der Waals surface area contributed by atoms with Gasteiger partial charge in [0.1, 0.15) is 18.1 Å². The molecule has 0 saturated heterocycles. The molecule has 4 rings (SSSR count). The number of aromatic nitrogens is 3. The van der Waals surface area contributed by atoms with Crippen LogP contribution in [0.25, 0.3) is 11.0 Å². The number of urea groups is 1. The Hall–Kier alpha value is -4.48. The van der Waals surface area contributed by atoms with Crippen molar-refractivity contribution in [3.05, 3.63) is 77.2 Å². The molecule has 1 N–H and O–H groups in total. The summed E-state index contributed by atoms with van der Waals surface area (Å²) in [6.45, 7) is 1.77. The molecule has 186 valence electrons. The number of aryl methyl sites for hydroxylation is 2. The van der Waals surface area contributed by atoms with Gasteiger partial charge in [-0.2, -0.15) is 23.3 Å². The minimum absolute atomic E-state index is 0.0554. The highest BCUT2D eigenvalue weighted by Gasteiger charge is 2.34. The number of anilines is 2. The van der Waals surface area contributed by atoms with Crippen LogP contribution in [-0.2, 0) is 24.6 Å². The molecule has 0 aliphatic carbocycles. The number of benzene rings is 2. The van der Waals surface area contributed by atoms with Crippen molar-refractivity contribution in [3.63, 3.8) is 0 Å². The summed E-state index contributed by atoms with van der Waals surface area (Å²) < 4.78 is 60.2. The second-order valence-electron chi connectivity index (χ2n) is 7.77. The fraction of sp³-hybridized carbons (Fsp3) is 0.167. The maximum absolute atomic E-state index is 13.6. The number of carbonyl (C=O) groups excluding carboxylic acids is 2. The highest BCUT2D eigenvalue weighted by Crippen LogP contribution is 2.34. The van der Waals surface area contributed by atoms with Gasteiger partial charge in [-0.1, -0.05) is 30.3 Å². The van der Waals surface area contributed by atoms with Gasteiger partial charge in [0.25, 0.3) is 0 Å². The van der Waals surface area contributed by atoms with Crippen LogP contribution in [0.1, 0.15) is 16.8 Å². The van der Waals surface area contributed by atoms with Crippen molar-refractivity contribution in [2.75, 3.05) is 10.2 Å². The number of pyridine rings is 1. The lowest BCUT2D eigenvalue weighted by molar-refractivity contribution is -0.139. The fourth-order valence-corrected chi connectivity index (χ4v) is 3.54. The average molecular weight is 501 g/mol. The predicted octanol–water partition coefficient (Wildman–Crippen LogP) is 5.21. The number of hydrogen-bond acceptors (Lipinski definition) is 5. The van der Waals surface area contributed by atoms with Crippen molar-refractivity contribution in [2.24, 2.45) is 7.05 Å². The molecule has 2 heterocycles. The summed E-state index contributed by atoms with van der Waals surface area (Å²) in [5.41, 5.74) is -0.188. The largest absolute Gasteiger partial charge is 0.471 e. The van der Waals surface area contributed by atoms with Crippen LogP contribution in [0.5, 0.6) is 5.88 Å². The molecule has 0 aliphatic rings. The van der Waals surface area contributed by atoms with E-state index < -0.39 is 23.6 Å². The fourth-order valence-electron chi connectivity index (χ4n) is 3.54. The van der Waals surface area contributed by atoms with Gasteiger partial charge in [0, 0.05) is 18.1 Å². The quantitative estimate of drug-likeness (QED) is 0.290. The molecule has 0 atom stereocenters. The van der Waals surface area contributed by atoms with E-state index in [9.17, 15) is 27.2 Å². The second kappa shape index (κ2) is 9.64. The molecule has 3 amide bonds. The van der Waals surface area contributed by atoms with Gasteiger partial charge in [-0.05, 0) is 36.8 Å². The van der Waals surface area contributed by atoms with Gasteiger partial charge in [0.2, 0.25) is 12.3 Å². The topological polar surface area (TPSA) is 89.3 Å². The highest BCUT2D eigenvalue weighted by molar-refractivity contribution is 6.13. The van der Waals surface area contributed by atoms with Gasteiger partial charge in [-0.15, -0.1) is 0 Å². The lowest BCUT2D eigenvalue weighted by atomic mass is 10.2. The number of nitrogens with one attached hydrogen (secondary N) is 1. The number of carbonyl (C=O) groups is 2. The van der Waals surface area contributed by atoms with Crippen LogP contribution >= 0.6 is 0 Å². The standard InChI is InChI=1S/C24H19F4N5O3/c1-14-17-11-20(22(30-21(17)32(2)31-14)36-12-15-6-4-3-5-7-15)33(13-34)23(35)29-16-8-9-19(25)18(10-16)24(26,27)28/h3-11,13H,12H2,1-2H3,(H,29,35). The first kappa shape index (κ1) is 24.6. The molecule has 4 aromatic rings. The lowest BCUT2D eigenvalue weighted by Gasteiger charge is -2.20. The van der Waals surface area contributed by atoms with Crippen molar-refractivity contribution in [1.82, 2.24) is 14.8 Å². The normalized spacial score (nSPS) is 11.4. The van der Waals surface area contributed by atoms with E-state index in [-0.39, 0.29) is 30.3 Å². The average Bonchev–Trinajstić information content (AvgIpc) is 3.11. The zero-order valence-electron chi connectivity index (χ0n) is 19.0. The van der Waals surface area contributed by atoms with Gasteiger partial charge >= 0.3 is 12.2 Å². The first-order chi connectivity index (χ1) is 17.1. The van der Waals surface area contributed by atoms with E-state index in [0.717, 1.165) is 11.6 Å². The SMILES string of the molecule is Cc1nn(C)c2nc(OCc3ccccc3)c(N(C=O)C(=O)Nc3ccc(F)c(C(F)(F)F)c3)cc12. The van der Waals surface area contributed by atoms with Crippen molar-refractivity contribution in [3.8, 4) is 5.88 Å². The molecule has 8 nitrogen and oxygen atoms in total. The summed E-state index contributed by atoms with van der Waals surface area (Å²) in [6.07, 6.45) is -4.80. The molecule has 0 fully saturated rings. The smallest absolute Gasteiger partial charge is 0.419 e. The number of imide groups is 1. The lowest BCUT2D eigenvalue weighted by Crippen LogP contribution is -2.34.